The molecule has 1 aliphatic heterocycles. The summed E-state index contributed by atoms with van der Waals surface area (Å²) < 4.78 is 17.2. The number of carbonyl (C=O) groups excluding carboxylic acids is 1. The fourth-order valence-electron chi connectivity index (χ4n) is 6.65. The summed E-state index contributed by atoms with van der Waals surface area (Å²) in [5, 5.41) is 0. The van der Waals surface area contributed by atoms with Crippen molar-refractivity contribution in [2.75, 3.05) is 40.4 Å². The summed E-state index contributed by atoms with van der Waals surface area (Å²) in [6.07, 6.45) is 10.3. The van der Waals surface area contributed by atoms with Crippen LogP contribution in [0.2, 0.25) is 0 Å². The third kappa shape index (κ3) is 7.55. The van der Waals surface area contributed by atoms with Crippen LogP contribution in [0.3, 0.4) is 0 Å². The lowest BCUT2D eigenvalue weighted by Crippen LogP contribution is -2.50. The minimum Gasteiger partial charge on any atom is -0.497 e. The molecule has 3 fully saturated rings. The smallest absolute Gasteiger partial charge is 0.225 e. The highest BCUT2D eigenvalue weighted by atomic mass is 16.5. The Morgan fingerprint density at radius 2 is 1.41 bits per heavy atom. The molecule has 0 bridgehead atoms. The molecule has 2 aromatic rings. The highest BCUT2D eigenvalue weighted by Gasteiger charge is 2.30. The van der Waals surface area contributed by atoms with Crippen LogP contribution in [0.15, 0.2) is 48.5 Å². The van der Waals surface area contributed by atoms with Gasteiger partial charge < -0.3 is 19.1 Å². The summed E-state index contributed by atoms with van der Waals surface area (Å²) in [6, 6.07) is 17.1. The van der Waals surface area contributed by atoms with Gasteiger partial charge >= 0.3 is 0 Å². The highest BCUT2D eigenvalue weighted by Crippen LogP contribution is 2.35. The predicted molar refractivity (Wildman–Crippen MR) is 154 cm³/mol. The zero-order valence-electron chi connectivity index (χ0n) is 23.9. The van der Waals surface area contributed by atoms with Gasteiger partial charge in [-0.2, -0.15) is 0 Å². The molecule has 3 aliphatic rings. The molecule has 1 saturated heterocycles. The van der Waals surface area contributed by atoms with Crippen molar-refractivity contribution in [2.24, 2.45) is 5.92 Å². The van der Waals surface area contributed by atoms with Gasteiger partial charge in [0.1, 0.15) is 11.5 Å². The van der Waals surface area contributed by atoms with Gasteiger partial charge in [-0.25, -0.2) is 0 Å². The first-order valence-electron chi connectivity index (χ1n) is 15.0. The molecule has 2 atom stereocenters. The van der Waals surface area contributed by atoms with Crippen molar-refractivity contribution in [1.29, 1.82) is 0 Å². The van der Waals surface area contributed by atoms with E-state index in [1.54, 1.807) is 7.11 Å². The number of hydrogen-bond acceptors (Lipinski definition) is 5. The van der Waals surface area contributed by atoms with Gasteiger partial charge in [-0.3, -0.25) is 9.69 Å². The molecule has 6 nitrogen and oxygen atoms in total. The van der Waals surface area contributed by atoms with Crippen LogP contribution < -0.4 is 9.47 Å². The molecule has 0 aromatic heterocycles. The van der Waals surface area contributed by atoms with Crippen LogP contribution in [-0.2, 0) is 16.1 Å². The maximum atomic E-state index is 13.4. The fourth-order valence-corrected chi connectivity index (χ4v) is 6.65. The molecule has 2 aromatic carbocycles. The van der Waals surface area contributed by atoms with E-state index in [4.69, 9.17) is 14.2 Å². The second-order valence-electron chi connectivity index (χ2n) is 11.7. The molecule has 2 aliphatic carbocycles. The number of nitrogens with zero attached hydrogens (tertiary/aromatic N) is 2. The van der Waals surface area contributed by atoms with Gasteiger partial charge in [-0.15, -0.1) is 0 Å². The zero-order chi connectivity index (χ0) is 27.0. The molecule has 2 saturated carbocycles. The van der Waals surface area contributed by atoms with Gasteiger partial charge in [0.25, 0.3) is 0 Å². The van der Waals surface area contributed by atoms with Gasteiger partial charge in [-0.1, -0.05) is 24.3 Å². The van der Waals surface area contributed by atoms with Crippen LogP contribution in [0, 0.1) is 5.92 Å². The maximum absolute atomic E-state index is 13.4. The molecule has 0 N–H and O–H groups in total. The van der Waals surface area contributed by atoms with Crippen LogP contribution >= 0.6 is 0 Å². The average molecular weight is 535 g/mol. The number of amides is 1. The van der Waals surface area contributed by atoms with E-state index in [-0.39, 0.29) is 12.0 Å². The Kier molecular flexibility index (Phi) is 9.81. The Morgan fingerprint density at radius 1 is 0.744 bits per heavy atom. The zero-order valence-corrected chi connectivity index (χ0v) is 23.9. The molecule has 1 amide bonds. The quantitative estimate of drug-likeness (QED) is 0.387. The van der Waals surface area contributed by atoms with Gasteiger partial charge in [0, 0.05) is 45.8 Å². The number of benzene rings is 2. The molecule has 0 spiro atoms. The minimum absolute atomic E-state index is 0.136. The lowest BCUT2D eigenvalue weighted by Gasteiger charge is -2.36. The van der Waals surface area contributed by atoms with E-state index >= 15 is 0 Å². The molecule has 2 unspecified atom stereocenters. The molecular formula is C33H46N2O4. The topological polar surface area (TPSA) is 51.2 Å². The largest absolute Gasteiger partial charge is 0.497 e. The van der Waals surface area contributed by atoms with Gasteiger partial charge in [0.15, 0.2) is 0 Å². The summed E-state index contributed by atoms with van der Waals surface area (Å²) in [5.41, 5.74) is 2.71. The summed E-state index contributed by atoms with van der Waals surface area (Å²) in [6.45, 7) is 4.43. The molecule has 6 heteroatoms. The SMILES string of the molecule is COc1ccc(CN2CCN(C(=O)C3CCCC(Oc4ccc(C5CCC(OC)CC5)cc4)CC3)CC2)cc1. The Bertz CT molecular complexity index is 1020. The maximum Gasteiger partial charge on any atom is 0.225 e. The molecule has 5 rings (SSSR count). The second kappa shape index (κ2) is 13.7. The van der Waals surface area contributed by atoms with E-state index in [1.807, 2.05) is 19.2 Å². The lowest BCUT2D eigenvalue weighted by atomic mass is 9.83. The molecule has 212 valence electrons. The monoisotopic (exact) mass is 534 g/mol. The number of piperazine rings is 1. The summed E-state index contributed by atoms with van der Waals surface area (Å²) in [7, 11) is 3.52. The first-order valence-corrected chi connectivity index (χ1v) is 15.0. The number of methoxy groups -OCH3 is 2. The third-order valence-corrected chi connectivity index (χ3v) is 9.18. The van der Waals surface area contributed by atoms with E-state index < -0.39 is 0 Å². The van der Waals surface area contributed by atoms with Crippen molar-refractivity contribution in [3.63, 3.8) is 0 Å². The van der Waals surface area contributed by atoms with Crippen molar-refractivity contribution < 1.29 is 19.0 Å². The minimum atomic E-state index is 0.136. The molecular weight excluding hydrogens is 488 g/mol. The molecule has 0 radical (unpaired) electrons. The van der Waals surface area contributed by atoms with Gasteiger partial charge in [-0.05, 0) is 99.1 Å². The molecule has 39 heavy (non-hydrogen) atoms. The Balaban J connectivity index is 1.05. The Labute approximate surface area is 234 Å². The van der Waals surface area contributed by atoms with E-state index in [2.05, 4.69) is 46.2 Å². The van der Waals surface area contributed by atoms with E-state index in [0.717, 1.165) is 89.2 Å². The van der Waals surface area contributed by atoms with Crippen LogP contribution in [-0.4, -0.2) is 68.3 Å². The van der Waals surface area contributed by atoms with Crippen LogP contribution in [0.1, 0.15) is 74.8 Å². The summed E-state index contributed by atoms with van der Waals surface area (Å²) in [5.74, 6) is 2.98. The van der Waals surface area contributed by atoms with Crippen LogP contribution in [0.25, 0.3) is 0 Å². The normalized spacial score (nSPS) is 26.6. The first kappa shape index (κ1) is 28.0. The predicted octanol–water partition coefficient (Wildman–Crippen LogP) is 6.04. The van der Waals surface area contributed by atoms with Crippen molar-refractivity contribution in [1.82, 2.24) is 9.80 Å². The number of hydrogen-bond donors (Lipinski definition) is 0. The Hall–Kier alpha value is -2.57. The number of ether oxygens (including phenoxy) is 3. The third-order valence-electron chi connectivity index (χ3n) is 9.18. The van der Waals surface area contributed by atoms with Crippen molar-refractivity contribution in [3.05, 3.63) is 59.7 Å². The fraction of sp³-hybridized carbons (Fsp3) is 0.606. The average Bonchev–Trinajstić information content (AvgIpc) is 3.23. The van der Waals surface area contributed by atoms with E-state index in [0.29, 0.717) is 17.9 Å². The van der Waals surface area contributed by atoms with Gasteiger partial charge in [0.2, 0.25) is 5.91 Å². The lowest BCUT2D eigenvalue weighted by molar-refractivity contribution is -0.137. The van der Waals surface area contributed by atoms with Crippen LogP contribution in [0.5, 0.6) is 11.5 Å². The standard InChI is InChI=1S/C33H46N2O4/c1-37-29-13-6-25(7-14-29)24-34-20-22-35(23-21-34)33(36)28-4-3-5-31(19-12-28)39-32-17-10-27(11-18-32)26-8-15-30(38-2)16-9-26/h6-7,10-11,13-14,17-18,26,28,30-31H,3-5,8-9,12,15-16,19-24H2,1-2H3. The van der Waals surface area contributed by atoms with E-state index in [1.165, 1.54) is 24.0 Å². The van der Waals surface area contributed by atoms with E-state index in [9.17, 15) is 4.79 Å². The first-order chi connectivity index (χ1) is 19.1. The van der Waals surface area contributed by atoms with Crippen molar-refractivity contribution in [3.8, 4) is 11.5 Å². The van der Waals surface area contributed by atoms with Crippen molar-refractivity contribution >= 4 is 5.91 Å². The van der Waals surface area contributed by atoms with Crippen LogP contribution in [0.4, 0.5) is 0 Å². The summed E-state index contributed by atoms with van der Waals surface area (Å²) >= 11 is 0. The van der Waals surface area contributed by atoms with Gasteiger partial charge in [0.05, 0.1) is 19.3 Å². The summed E-state index contributed by atoms with van der Waals surface area (Å²) in [4.78, 5) is 17.9. The number of rotatable bonds is 8. The second-order valence-corrected chi connectivity index (χ2v) is 11.7. The van der Waals surface area contributed by atoms with Crippen molar-refractivity contribution in [2.45, 2.75) is 82.5 Å². The molecule has 1 heterocycles. The highest BCUT2D eigenvalue weighted by molar-refractivity contribution is 5.79. The number of carbonyl (C=O) groups is 1. The Morgan fingerprint density at radius 3 is 2.08 bits per heavy atom.